The standard InChI is InChI=1S/C16H24ClN3O.2ClH/c1-18-8-7-16(21)19-12-15(20-9-2-3-10-20)13-5-4-6-14(17)11-13;;/h4-6,11,15,18H,2-3,7-10,12H2,1H3,(H,19,21);2*1H. The smallest absolute Gasteiger partial charge is 0.221 e. The van der Waals surface area contributed by atoms with Gasteiger partial charge in [0, 0.05) is 24.5 Å². The van der Waals surface area contributed by atoms with Gasteiger partial charge >= 0.3 is 0 Å². The van der Waals surface area contributed by atoms with E-state index in [0.717, 1.165) is 18.1 Å². The molecule has 7 heteroatoms. The maximum Gasteiger partial charge on any atom is 0.221 e. The molecule has 4 nitrogen and oxygen atoms in total. The van der Waals surface area contributed by atoms with E-state index in [1.165, 1.54) is 18.4 Å². The second-order valence-electron chi connectivity index (χ2n) is 5.47. The monoisotopic (exact) mass is 381 g/mol. The number of amides is 1. The number of nitrogens with one attached hydrogen (secondary N) is 2. The molecule has 2 rings (SSSR count). The lowest BCUT2D eigenvalue weighted by molar-refractivity contribution is -0.121. The minimum atomic E-state index is 0. The van der Waals surface area contributed by atoms with Gasteiger partial charge in [0.1, 0.15) is 0 Å². The highest BCUT2D eigenvalue weighted by molar-refractivity contribution is 6.30. The number of likely N-dealkylation sites (tertiary alicyclic amines) is 1. The number of carbonyl (C=O) groups is 1. The molecule has 1 aliphatic heterocycles. The van der Waals surface area contributed by atoms with Crippen LogP contribution in [0.15, 0.2) is 24.3 Å². The fraction of sp³-hybridized carbons (Fsp3) is 0.562. The molecule has 23 heavy (non-hydrogen) atoms. The molecule has 1 aromatic carbocycles. The third-order valence-electron chi connectivity index (χ3n) is 3.91. The fourth-order valence-electron chi connectivity index (χ4n) is 2.76. The number of rotatable bonds is 7. The average molecular weight is 383 g/mol. The van der Waals surface area contributed by atoms with E-state index in [9.17, 15) is 4.79 Å². The molecule has 0 aliphatic carbocycles. The molecule has 1 fully saturated rings. The molecular weight excluding hydrogens is 357 g/mol. The van der Waals surface area contributed by atoms with E-state index in [-0.39, 0.29) is 36.8 Å². The fourth-order valence-corrected chi connectivity index (χ4v) is 2.96. The Morgan fingerprint density at radius 2 is 2.00 bits per heavy atom. The third-order valence-corrected chi connectivity index (χ3v) is 4.14. The summed E-state index contributed by atoms with van der Waals surface area (Å²) in [5.41, 5.74) is 1.18. The predicted molar refractivity (Wildman–Crippen MR) is 101 cm³/mol. The largest absolute Gasteiger partial charge is 0.354 e. The number of nitrogens with zero attached hydrogens (tertiary/aromatic N) is 1. The molecule has 1 aliphatic rings. The van der Waals surface area contributed by atoms with Gasteiger partial charge in [-0.1, -0.05) is 23.7 Å². The first-order valence-electron chi connectivity index (χ1n) is 7.61. The van der Waals surface area contributed by atoms with E-state index in [1.54, 1.807) is 0 Å². The average Bonchev–Trinajstić information content (AvgIpc) is 2.99. The van der Waals surface area contributed by atoms with Crippen LogP contribution in [0.5, 0.6) is 0 Å². The van der Waals surface area contributed by atoms with Gasteiger partial charge in [-0.15, -0.1) is 24.8 Å². The first-order chi connectivity index (χ1) is 10.2. The summed E-state index contributed by atoms with van der Waals surface area (Å²) in [6.45, 7) is 3.52. The summed E-state index contributed by atoms with van der Waals surface area (Å²) in [6, 6.07) is 8.17. The zero-order valence-electron chi connectivity index (χ0n) is 13.4. The summed E-state index contributed by atoms with van der Waals surface area (Å²) in [6.07, 6.45) is 2.97. The van der Waals surface area contributed by atoms with Gasteiger partial charge in [-0.05, 0) is 50.7 Å². The Morgan fingerprint density at radius 3 is 2.61 bits per heavy atom. The van der Waals surface area contributed by atoms with Gasteiger partial charge in [0.05, 0.1) is 6.04 Å². The van der Waals surface area contributed by atoms with Crippen molar-refractivity contribution in [1.29, 1.82) is 0 Å². The van der Waals surface area contributed by atoms with Crippen molar-refractivity contribution in [3.8, 4) is 0 Å². The third kappa shape index (κ3) is 7.27. The number of halogens is 3. The first kappa shape index (κ1) is 22.5. The van der Waals surface area contributed by atoms with Crippen molar-refractivity contribution < 1.29 is 4.79 Å². The number of hydrogen-bond donors (Lipinski definition) is 2. The molecular formula is C16H26Cl3N3O. The lowest BCUT2D eigenvalue weighted by Crippen LogP contribution is -2.37. The van der Waals surface area contributed by atoms with Gasteiger partial charge in [-0.2, -0.15) is 0 Å². The second kappa shape index (κ2) is 11.9. The Balaban J connectivity index is 0.00000242. The van der Waals surface area contributed by atoms with Crippen LogP contribution in [0.25, 0.3) is 0 Å². The van der Waals surface area contributed by atoms with Gasteiger partial charge in [-0.3, -0.25) is 9.69 Å². The summed E-state index contributed by atoms with van der Waals surface area (Å²) >= 11 is 6.11. The van der Waals surface area contributed by atoms with Gasteiger partial charge < -0.3 is 10.6 Å². The van der Waals surface area contributed by atoms with Crippen LogP contribution in [-0.4, -0.2) is 44.0 Å². The van der Waals surface area contributed by atoms with E-state index in [1.807, 2.05) is 25.2 Å². The molecule has 0 aromatic heterocycles. The Bertz CT molecular complexity index is 468. The summed E-state index contributed by atoms with van der Waals surface area (Å²) in [5.74, 6) is 0.0931. The van der Waals surface area contributed by atoms with Gasteiger partial charge in [-0.25, -0.2) is 0 Å². The molecule has 2 N–H and O–H groups in total. The van der Waals surface area contributed by atoms with E-state index in [0.29, 0.717) is 19.5 Å². The Hall–Kier alpha value is -0.520. The normalized spacial score (nSPS) is 15.4. The van der Waals surface area contributed by atoms with Crippen molar-refractivity contribution in [3.05, 3.63) is 34.9 Å². The van der Waals surface area contributed by atoms with Crippen molar-refractivity contribution in [2.24, 2.45) is 0 Å². The van der Waals surface area contributed by atoms with Crippen molar-refractivity contribution in [3.63, 3.8) is 0 Å². The molecule has 0 saturated carbocycles. The van der Waals surface area contributed by atoms with Crippen LogP contribution in [0, 0.1) is 0 Å². The topological polar surface area (TPSA) is 44.4 Å². The SMILES string of the molecule is CNCCC(=O)NCC(c1cccc(Cl)c1)N1CCCC1.Cl.Cl. The first-order valence-corrected chi connectivity index (χ1v) is 7.99. The van der Waals surface area contributed by atoms with Crippen LogP contribution < -0.4 is 10.6 Å². The van der Waals surface area contributed by atoms with Gasteiger partial charge in [0.25, 0.3) is 0 Å². The summed E-state index contributed by atoms with van der Waals surface area (Å²) in [7, 11) is 1.85. The van der Waals surface area contributed by atoms with Crippen LogP contribution in [0.1, 0.15) is 30.9 Å². The zero-order chi connectivity index (χ0) is 15.1. The van der Waals surface area contributed by atoms with Crippen molar-refractivity contribution in [2.75, 3.05) is 33.2 Å². The lowest BCUT2D eigenvalue weighted by Gasteiger charge is -2.28. The summed E-state index contributed by atoms with van der Waals surface area (Å²) < 4.78 is 0. The van der Waals surface area contributed by atoms with Crippen molar-refractivity contribution >= 4 is 42.3 Å². The highest BCUT2D eigenvalue weighted by Gasteiger charge is 2.23. The Morgan fingerprint density at radius 1 is 1.30 bits per heavy atom. The molecule has 132 valence electrons. The van der Waals surface area contributed by atoms with E-state index >= 15 is 0 Å². The molecule has 0 spiro atoms. The van der Waals surface area contributed by atoms with Gasteiger partial charge in [0.2, 0.25) is 5.91 Å². The van der Waals surface area contributed by atoms with Gasteiger partial charge in [0.15, 0.2) is 0 Å². The van der Waals surface area contributed by atoms with E-state index in [4.69, 9.17) is 11.6 Å². The molecule has 1 amide bonds. The van der Waals surface area contributed by atoms with E-state index < -0.39 is 0 Å². The highest BCUT2D eigenvalue weighted by Crippen LogP contribution is 2.26. The minimum absolute atomic E-state index is 0. The Kier molecular flexibility index (Phi) is 11.7. The second-order valence-corrected chi connectivity index (χ2v) is 5.91. The molecule has 1 saturated heterocycles. The van der Waals surface area contributed by atoms with Crippen LogP contribution >= 0.6 is 36.4 Å². The summed E-state index contributed by atoms with van der Waals surface area (Å²) in [5, 5.41) is 6.79. The number of hydrogen-bond acceptors (Lipinski definition) is 3. The summed E-state index contributed by atoms with van der Waals surface area (Å²) in [4.78, 5) is 14.3. The van der Waals surface area contributed by atoms with Crippen LogP contribution in [0.2, 0.25) is 5.02 Å². The molecule has 0 radical (unpaired) electrons. The Labute approximate surface area is 156 Å². The van der Waals surface area contributed by atoms with Crippen LogP contribution in [-0.2, 0) is 4.79 Å². The minimum Gasteiger partial charge on any atom is -0.354 e. The molecule has 1 aromatic rings. The quantitative estimate of drug-likeness (QED) is 0.762. The maximum atomic E-state index is 11.8. The van der Waals surface area contributed by atoms with E-state index in [2.05, 4.69) is 21.6 Å². The van der Waals surface area contributed by atoms with Crippen molar-refractivity contribution in [2.45, 2.75) is 25.3 Å². The van der Waals surface area contributed by atoms with Crippen LogP contribution in [0.3, 0.4) is 0 Å². The predicted octanol–water partition coefficient (Wildman–Crippen LogP) is 3.05. The lowest BCUT2D eigenvalue weighted by atomic mass is 10.1. The molecule has 1 atom stereocenters. The van der Waals surface area contributed by atoms with Crippen LogP contribution in [0.4, 0.5) is 0 Å². The van der Waals surface area contributed by atoms with Crippen molar-refractivity contribution in [1.82, 2.24) is 15.5 Å². The number of carbonyl (C=O) groups excluding carboxylic acids is 1. The molecule has 0 bridgehead atoms. The number of benzene rings is 1. The zero-order valence-corrected chi connectivity index (χ0v) is 15.8. The molecule has 1 heterocycles. The maximum absolute atomic E-state index is 11.8. The highest BCUT2D eigenvalue weighted by atomic mass is 35.5. The molecule has 1 unspecified atom stereocenters.